The van der Waals surface area contributed by atoms with Crippen molar-refractivity contribution in [2.24, 2.45) is 11.8 Å². The fourth-order valence-electron chi connectivity index (χ4n) is 3.18. The molecule has 2 rings (SSSR count). The van der Waals surface area contributed by atoms with E-state index in [0.29, 0.717) is 12.1 Å². The maximum absolute atomic E-state index is 4.34. The van der Waals surface area contributed by atoms with Crippen molar-refractivity contribution in [3.63, 3.8) is 0 Å². The minimum Gasteiger partial charge on any atom is -0.306 e. The second-order valence-electron chi connectivity index (χ2n) is 5.40. The number of thiazole rings is 1. The quantitative estimate of drug-likeness (QED) is 0.878. The third-order valence-electron chi connectivity index (χ3n) is 4.39. The van der Waals surface area contributed by atoms with Gasteiger partial charge >= 0.3 is 0 Å². The average Bonchev–Trinajstić information content (AvgIpc) is 2.87. The Bertz CT molecular complexity index is 361. The highest BCUT2D eigenvalue weighted by atomic mass is 32.1. The van der Waals surface area contributed by atoms with Crippen LogP contribution in [0.1, 0.15) is 56.6 Å². The van der Waals surface area contributed by atoms with Gasteiger partial charge in [-0.15, -0.1) is 11.3 Å². The Balaban J connectivity index is 1.96. The summed E-state index contributed by atoms with van der Waals surface area (Å²) in [6, 6.07) is 1.14. The molecular formula is C14H24N2S. The van der Waals surface area contributed by atoms with Gasteiger partial charge in [-0.25, -0.2) is 4.98 Å². The van der Waals surface area contributed by atoms with Crippen LogP contribution in [0.3, 0.4) is 0 Å². The average molecular weight is 252 g/mol. The lowest BCUT2D eigenvalue weighted by atomic mass is 9.93. The topological polar surface area (TPSA) is 24.9 Å². The van der Waals surface area contributed by atoms with Gasteiger partial charge in [0.2, 0.25) is 0 Å². The summed E-state index contributed by atoms with van der Waals surface area (Å²) < 4.78 is 0. The van der Waals surface area contributed by atoms with E-state index in [1.54, 1.807) is 11.3 Å². The van der Waals surface area contributed by atoms with Crippen LogP contribution in [-0.2, 0) is 0 Å². The summed E-state index contributed by atoms with van der Waals surface area (Å²) in [5.41, 5.74) is 3.14. The molecule has 2 nitrogen and oxygen atoms in total. The first kappa shape index (κ1) is 13.0. The molecule has 4 atom stereocenters. The highest BCUT2D eigenvalue weighted by Crippen LogP contribution is 2.35. The molecule has 4 unspecified atom stereocenters. The molecule has 3 heteroatoms. The van der Waals surface area contributed by atoms with Crippen molar-refractivity contribution < 1.29 is 0 Å². The van der Waals surface area contributed by atoms with Crippen molar-refractivity contribution in [1.29, 1.82) is 0 Å². The van der Waals surface area contributed by atoms with Crippen molar-refractivity contribution in [3.8, 4) is 0 Å². The Labute approximate surface area is 109 Å². The van der Waals surface area contributed by atoms with Gasteiger partial charge in [0.25, 0.3) is 0 Å². The van der Waals surface area contributed by atoms with Crippen LogP contribution in [0.25, 0.3) is 0 Å². The van der Waals surface area contributed by atoms with E-state index in [0.717, 1.165) is 11.8 Å². The fraction of sp³-hybridized carbons (Fsp3) is 0.786. The lowest BCUT2D eigenvalue weighted by molar-refractivity contribution is 0.328. The third-order valence-corrected chi connectivity index (χ3v) is 5.50. The number of hydrogen-bond donors (Lipinski definition) is 1. The van der Waals surface area contributed by atoms with E-state index in [-0.39, 0.29) is 0 Å². The molecule has 0 aromatic carbocycles. The molecule has 0 aliphatic heterocycles. The second kappa shape index (κ2) is 5.49. The van der Waals surface area contributed by atoms with Crippen LogP contribution < -0.4 is 5.32 Å². The molecule has 0 radical (unpaired) electrons. The molecule has 0 saturated heterocycles. The van der Waals surface area contributed by atoms with Crippen molar-refractivity contribution in [1.82, 2.24) is 10.3 Å². The summed E-state index contributed by atoms with van der Waals surface area (Å²) in [5.74, 6) is 1.73. The highest BCUT2D eigenvalue weighted by molar-refractivity contribution is 7.09. The SMILES string of the molecule is CCC1CCC(NC(C)c2scnc2C)C1C. The molecule has 1 saturated carbocycles. The Morgan fingerprint density at radius 1 is 1.53 bits per heavy atom. The number of nitrogens with one attached hydrogen (secondary N) is 1. The molecular weight excluding hydrogens is 228 g/mol. The molecule has 1 aromatic rings. The highest BCUT2D eigenvalue weighted by Gasteiger charge is 2.32. The van der Waals surface area contributed by atoms with E-state index in [1.165, 1.54) is 29.8 Å². The first-order chi connectivity index (χ1) is 8.13. The van der Waals surface area contributed by atoms with Crippen LogP contribution in [0.2, 0.25) is 0 Å². The fourth-order valence-corrected chi connectivity index (χ4v) is 4.00. The molecule has 0 bridgehead atoms. The molecule has 1 heterocycles. The Hall–Kier alpha value is -0.410. The summed E-state index contributed by atoms with van der Waals surface area (Å²) in [7, 11) is 0. The van der Waals surface area contributed by atoms with Crippen LogP contribution in [0.15, 0.2) is 5.51 Å². The smallest absolute Gasteiger partial charge is 0.0798 e. The lowest BCUT2D eigenvalue weighted by Gasteiger charge is -2.24. The zero-order valence-corrected chi connectivity index (χ0v) is 12.2. The zero-order valence-electron chi connectivity index (χ0n) is 11.4. The van der Waals surface area contributed by atoms with E-state index < -0.39 is 0 Å². The monoisotopic (exact) mass is 252 g/mol. The molecule has 17 heavy (non-hydrogen) atoms. The van der Waals surface area contributed by atoms with Crippen molar-refractivity contribution in [2.75, 3.05) is 0 Å². The van der Waals surface area contributed by atoms with Gasteiger partial charge in [-0.2, -0.15) is 0 Å². The van der Waals surface area contributed by atoms with Gasteiger partial charge in [-0.05, 0) is 38.5 Å². The molecule has 1 aromatic heterocycles. The summed E-state index contributed by atoms with van der Waals surface area (Å²) in [6.45, 7) is 9.11. The van der Waals surface area contributed by atoms with Crippen LogP contribution in [-0.4, -0.2) is 11.0 Å². The number of hydrogen-bond acceptors (Lipinski definition) is 3. The van der Waals surface area contributed by atoms with E-state index in [4.69, 9.17) is 0 Å². The Morgan fingerprint density at radius 2 is 2.29 bits per heavy atom. The van der Waals surface area contributed by atoms with E-state index in [2.05, 4.69) is 38.0 Å². The van der Waals surface area contributed by atoms with Gasteiger partial charge in [0.05, 0.1) is 11.2 Å². The summed E-state index contributed by atoms with van der Waals surface area (Å²) in [6.07, 6.45) is 4.05. The standard InChI is InChI=1S/C14H24N2S/c1-5-12-6-7-13(9(12)2)16-11(4)14-10(3)15-8-17-14/h8-9,11-13,16H,5-7H2,1-4H3. The maximum atomic E-state index is 4.34. The first-order valence-electron chi connectivity index (χ1n) is 6.79. The first-order valence-corrected chi connectivity index (χ1v) is 7.67. The minimum atomic E-state index is 0.450. The van der Waals surface area contributed by atoms with Crippen LogP contribution in [0.5, 0.6) is 0 Å². The van der Waals surface area contributed by atoms with Crippen LogP contribution in [0, 0.1) is 18.8 Å². The largest absolute Gasteiger partial charge is 0.306 e. The Kier molecular flexibility index (Phi) is 4.21. The van der Waals surface area contributed by atoms with Crippen LogP contribution in [0.4, 0.5) is 0 Å². The van der Waals surface area contributed by atoms with Gasteiger partial charge in [-0.3, -0.25) is 0 Å². The summed E-state index contributed by atoms with van der Waals surface area (Å²) in [5, 5.41) is 3.81. The molecule has 1 aliphatic rings. The van der Waals surface area contributed by atoms with E-state index in [9.17, 15) is 0 Å². The molecule has 0 spiro atoms. The van der Waals surface area contributed by atoms with Crippen molar-refractivity contribution in [2.45, 2.75) is 59.0 Å². The lowest BCUT2D eigenvalue weighted by Crippen LogP contribution is -2.34. The molecule has 1 fully saturated rings. The molecule has 1 aliphatic carbocycles. The second-order valence-corrected chi connectivity index (χ2v) is 6.29. The number of nitrogens with zero attached hydrogens (tertiary/aromatic N) is 1. The van der Waals surface area contributed by atoms with Crippen molar-refractivity contribution >= 4 is 11.3 Å². The van der Waals surface area contributed by atoms with Gasteiger partial charge in [-0.1, -0.05) is 20.3 Å². The van der Waals surface area contributed by atoms with Gasteiger partial charge in [0.15, 0.2) is 0 Å². The predicted octanol–water partition coefficient (Wildman–Crippen LogP) is 3.93. The number of rotatable bonds is 4. The summed E-state index contributed by atoms with van der Waals surface area (Å²) in [4.78, 5) is 5.74. The summed E-state index contributed by atoms with van der Waals surface area (Å²) >= 11 is 1.78. The molecule has 0 amide bonds. The predicted molar refractivity (Wildman–Crippen MR) is 74.4 cm³/mol. The number of aromatic nitrogens is 1. The zero-order chi connectivity index (χ0) is 12.4. The molecule has 96 valence electrons. The maximum Gasteiger partial charge on any atom is 0.0798 e. The minimum absolute atomic E-state index is 0.450. The molecule has 1 N–H and O–H groups in total. The van der Waals surface area contributed by atoms with Gasteiger partial charge in [0.1, 0.15) is 0 Å². The number of aryl methyl sites for hydroxylation is 1. The van der Waals surface area contributed by atoms with Gasteiger partial charge in [0, 0.05) is 17.0 Å². The normalized spacial score (nSPS) is 30.7. The van der Waals surface area contributed by atoms with Crippen molar-refractivity contribution in [3.05, 3.63) is 16.1 Å². The van der Waals surface area contributed by atoms with Crippen LogP contribution >= 0.6 is 11.3 Å². The third kappa shape index (κ3) is 2.71. The van der Waals surface area contributed by atoms with Gasteiger partial charge < -0.3 is 5.32 Å². The Morgan fingerprint density at radius 3 is 2.82 bits per heavy atom. The van der Waals surface area contributed by atoms with E-state index >= 15 is 0 Å². The van der Waals surface area contributed by atoms with E-state index in [1.807, 2.05) is 5.51 Å².